The number of halogens is 5. The smallest absolute Gasteiger partial charge is 0.416 e. The summed E-state index contributed by atoms with van der Waals surface area (Å²) in [5.74, 6) is -3.31. The van der Waals surface area contributed by atoms with Crippen molar-refractivity contribution in [3.05, 3.63) is 106 Å². The summed E-state index contributed by atoms with van der Waals surface area (Å²) in [6.07, 6.45) is -2.25. The zero-order valence-corrected chi connectivity index (χ0v) is 16.3. The normalized spacial score (nSPS) is 13.0. The summed E-state index contributed by atoms with van der Waals surface area (Å²) < 4.78 is 70.5. The number of carbonyl (C=O) groups excluding carboxylic acids is 1. The predicted molar refractivity (Wildman–Crippen MR) is 105 cm³/mol. The number of aliphatic hydroxyl groups is 1. The van der Waals surface area contributed by atoms with Gasteiger partial charge in [0.2, 0.25) is 0 Å². The molecule has 3 rings (SSSR count). The van der Waals surface area contributed by atoms with Crippen LogP contribution in [0.15, 0.2) is 72.6 Å². The predicted octanol–water partition coefficient (Wildman–Crippen LogP) is 5.24. The molecule has 0 saturated carbocycles. The molecule has 2 aromatic carbocycles. The van der Waals surface area contributed by atoms with Crippen molar-refractivity contribution in [3.8, 4) is 0 Å². The van der Waals surface area contributed by atoms with E-state index >= 15 is 0 Å². The molecule has 0 saturated heterocycles. The molecule has 1 N–H and O–H groups in total. The fourth-order valence-corrected chi connectivity index (χ4v) is 2.82. The topological polar surface area (TPSA) is 59.4 Å². The lowest BCUT2D eigenvalue weighted by Gasteiger charge is -2.15. The summed E-state index contributed by atoms with van der Waals surface area (Å²) >= 11 is 0. The SMILES string of the molecule is O=C(OCc1cccc(C(F)(F)F)c1)/C(=C\c1ccc(F)c(F)c1)C(O)c1cccnc1. The Bertz CT molecular complexity index is 1130. The molecule has 0 aliphatic carbocycles. The second-order valence-electron chi connectivity index (χ2n) is 6.74. The second kappa shape index (κ2) is 9.69. The number of hydrogen-bond donors (Lipinski definition) is 1. The average Bonchev–Trinajstić information content (AvgIpc) is 2.78. The quantitative estimate of drug-likeness (QED) is 0.318. The van der Waals surface area contributed by atoms with E-state index in [4.69, 9.17) is 4.74 Å². The fraction of sp³-hybridized carbons (Fsp3) is 0.130. The van der Waals surface area contributed by atoms with Gasteiger partial charge >= 0.3 is 12.1 Å². The van der Waals surface area contributed by atoms with Crippen molar-refractivity contribution in [1.82, 2.24) is 4.98 Å². The third kappa shape index (κ3) is 5.76. The van der Waals surface area contributed by atoms with Gasteiger partial charge in [0.25, 0.3) is 0 Å². The molecule has 1 unspecified atom stereocenters. The highest BCUT2D eigenvalue weighted by molar-refractivity contribution is 5.95. The molecule has 4 nitrogen and oxygen atoms in total. The van der Waals surface area contributed by atoms with Gasteiger partial charge < -0.3 is 9.84 Å². The van der Waals surface area contributed by atoms with Crippen molar-refractivity contribution in [2.45, 2.75) is 18.9 Å². The van der Waals surface area contributed by atoms with Gasteiger partial charge in [-0.3, -0.25) is 4.98 Å². The molecule has 0 fully saturated rings. The van der Waals surface area contributed by atoms with Gasteiger partial charge in [0.05, 0.1) is 11.1 Å². The summed E-state index contributed by atoms with van der Waals surface area (Å²) in [7, 11) is 0. The van der Waals surface area contributed by atoms with Gasteiger partial charge in [-0.1, -0.05) is 24.3 Å². The number of hydrogen-bond acceptors (Lipinski definition) is 4. The number of pyridine rings is 1. The van der Waals surface area contributed by atoms with E-state index < -0.39 is 42.1 Å². The first-order valence-corrected chi connectivity index (χ1v) is 9.23. The van der Waals surface area contributed by atoms with Crippen molar-refractivity contribution >= 4 is 12.0 Å². The van der Waals surface area contributed by atoms with Crippen LogP contribution >= 0.6 is 0 Å². The summed E-state index contributed by atoms with van der Waals surface area (Å²) in [6.45, 7) is -0.502. The van der Waals surface area contributed by atoms with Crippen molar-refractivity contribution in [2.75, 3.05) is 0 Å². The minimum Gasteiger partial charge on any atom is -0.457 e. The Labute approximate surface area is 179 Å². The van der Waals surface area contributed by atoms with Gasteiger partial charge in [-0.2, -0.15) is 13.2 Å². The maximum absolute atomic E-state index is 13.6. The number of aromatic nitrogens is 1. The van der Waals surface area contributed by atoms with Crippen molar-refractivity contribution in [3.63, 3.8) is 0 Å². The molecule has 1 atom stereocenters. The lowest BCUT2D eigenvalue weighted by atomic mass is 10.0. The first kappa shape index (κ1) is 23.1. The van der Waals surface area contributed by atoms with E-state index in [1.54, 1.807) is 0 Å². The number of benzene rings is 2. The summed E-state index contributed by atoms with van der Waals surface area (Å²) in [4.78, 5) is 16.6. The maximum atomic E-state index is 13.6. The third-order valence-corrected chi connectivity index (χ3v) is 4.42. The van der Waals surface area contributed by atoms with Crippen LogP contribution in [-0.2, 0) is 22.3 Å². The van der Waals surface area contributed by atoms with Crippen LogP contribution in [0, 0.1) is 11.6 Å². The van der Waals surface area contributed by atoms with E-state index in [9.17, 15) is 31.9 Å². The molecule has 0 aliphatic rings. The van der Waals surface area contributed by atoms with Crippen molar-refractivity contribution in [1.29, 1.82) is 0 Å². The standard InChI is InChI=1S/C23H16F5NO3/c24-19-7-6-14(11-20(19)25)10-18(21(30)16-4-2-8-29-12-16)22(31)32-13-15-3-1-5-17(9-15)23(26,27)28/h1-12,21,30H,13H2/b18-10-. The Morgan fingerprint density at radius 1 is 1.06 bits per heavy atom. The van der Waals surface area contributed by atoms with Gasteiger partial charge in [-0.05, 0) is 47.5 Å². The van der Waals surface area contributed by atoms with Crippen LogP contribution in [0.4, 0.5) is 22.0 Å². The van der Waals surface area contributed by atoms with Crippen LogP contribution in [0.1, 0.15) is 28.4 Å². The van der Waals surface area contributed by atoms with E-state index in [2.05, 4.69) is 4.98 Å². The minimum absolute atomic E-state index is 0.0675. The number of ether oxygens (including phenoxy) is 1. The lowest BCUT2D eigenvalue weighted by Crippen LogP contribution is -2.15. The molecule has 9 heteroatoms. The Balaban J connectivity index is 1.88. The number of esters is 1. The zero-order valence-electron chi connectivity index (χ0n) is 16.3. The molecule has 0 spiro atoms. The van der Waals surface area contributed by atoms with E-state index in [0.717, 1.165) is 30.3 Å². The molecule has 0 aliphatic heterocycles. The highest BCUT2D eigenvalue weighted by Crippen LogP contribution is 2.30. The molecule has 0 amide bonds. The molecular weight excluding hydrogens is 433 g/mol. The first-order chi connectivity index (χ1) is 15.1. The molecule has 166 valence electrons. The van der Waals surface area contributed by atoms with Gasteiger partial charge in [-0.25, -0.2) is 13.6 Å². The lowest BCUT2D eigenvalue weighted by molar-refractivity contribution is -0.141. The van der Waals surface area contributed by atoms with Gasteiger partial charge in [0, 0.05) is 18.0 Å². The third-order valence-electron chi connectivity index (χ3n) is 4.42. The maximum Gasteiger partial charge on any atom is 0.416 e. The van der Waals surface area contributed by atoms with E-state index in [1.807, 2.05) is 0 Å². The number of aliphatic hydroxyl groups excluding tert-OH is 1. The Morgan fingerprint density at radius 3 is 2.50 bits per heavy atom. The molecule has 0 radical (unpaired) electrons. The van der Waals surface area contributed by atoms with E-state index in [-0.39, 0.29) is 22.3 Å². The molecule has 32 heavy (non-hydrogen) atoms. The Kier molecular flexibility index (Phi) is 6.99. The van der Waals surface area contributed by atoms with Crippen molar-refractivity contribution < 1.29 is 36.6 Å². The summed E-state index contributed by atoms with van der Waals surface area (Å²) in [5.41, 5.74) is -0.874. The van der Waals surface area contributed by atoms with Crippen LogP contribution in [0.2, 0.25) is 0 Å². The molecular formula is C23H16F5NO3. The van der Waals surface area contributed by atoms with Gasteiger partial charge in [-0.15, -0.1) is 0 Å². The molecule has 1 aromatic heterocycles. The highest BCUT2D eigenvalue weighted by atomic mass is 19.4. The van der Waals surface area contributed by atoms with Crippen LogP contribution in [0.5, 0.6) is 0 Å². The fourth-order valence-electron chi connectivity index (χ4n) is 2.82. The number of carbonyl (C=O) groups is 1. The van der Waals surface area contributed by atoms with Crippen molar-refractivity contribution in [2.24, 2.45) is 0 Å². The zero-order chi connectivity index (χ0) is 23.3. The molecule has 0 bridgehead atoms. The highest BCUT2D eigenvalue weighted by Gasteiger charge is 2.30. The first-order valence-electron chi connectivity index (χ1n) is 9.23. The molecule has 3 aromatic rings. The molecule has 1 heterocycles. The van der Waals surface area contributed by atoms with Crippen LogP contribution in [0.3, 0.4) is 0 Å². The summed E-state index contributed by atoms with van der Waals surface area (Å²) in [5, 5.41) is 10.7. The van der Waals surface area contributed by atoms with Gasteiger partial charge in [0.1, 0.15) is 12.7 Å². The van der Waals surface area contributed by atoms with Crippen LogP contribution < -0.4 is 0 Å². The minimum atomic E-state index is -4.56. The van der Waals surface area contributed by atoms with E-state index in [0.29, 0.717) is 0 Å². The van der Waals surface area contributed by atoms with Gasteiger partial charge in [0.15, 0.2) is 11.6 Å². The monoisotopic (exact) mass is 449 g/mol. The summed E-state index contributed by atoms with van der Waals surface area (Å²) in [6, 6.07) is 10.1. The number of alkyl halides is 3. The van der Waals surface area contributed by atoms with E-state index in [1.165, 1.54) is 42.7 Å². The van der Waals surface area contributed by atoms with Crippen LogP contribution in [-0.4, -0.2) is 16.1 Å². The van der Waals surface area contributed by atoms with Crippen LogP contribution in [0.25, 0.3) is 6.08 Å². The second-order valence-corrected chi connectivity index (χ2v) is 6.74. The number of nitrogens with zero attached hydrogens (tertiary/aromatic N) is 1. The Hall–Kier alpha value is -3.59. The number of rotatable bonds is 6. The largest absolute Gasteiger partial charge is 0.457 e. The Morgan fingerprint density at radius 2 is 1.84 bits per heavy atom. The average molecular weight is 449 g/mol.